The lowest BCUT2D eigenvalue weighted by Gasteiger charge is -2.37. The summed E-state index contributed by atoms with van der Waals surface area (Å²) in [4.78, 5) is 4.81. The largest absolute Gasteiger partial charge is 0.395 e. The molecule has 1 heterocycles. The SMILES string of the molecule is CN(CCO)[C@H]1CCCN(Cc2ccccc2)C1. The number of hydrogen-bond acceptors (Lipinski definition) is 3. The van der Waals surface area contributed by atoms with Gasteiger partial charge in [-0.25, -0.2) is 0 Å². The van der Waals surface area contributed by atoms with Gasteiger partial charge >= 0.3 is 0 Å². The maximum Gasteiger partial charge on any atom is 0.0558 e. The van der Waals surface area contributed by atoms with Gasteiger partial charge in [0.25, 0.3) is 0 Å². The minimum absolute atomic E-state index is 0.256. The van der Waals surface area contributed by atoms with Crippen LogP contribution in [0.2, 0.25) is 0 Å². The standard InChI is InChI=1S/C15H24N2O/c1-16(10-11-18)15-8-5-9-17(13-15)12-14-6-3-2-4-7-14/h2-4,6-7,15,18H,5,8-13H2,1H3/t15-/m0/s1. The zero-order valence-electron chi connectivity index (χ0n) is 11.3. The van der Waals surface area contributed by atoms with Crippen molar-refractivity contribution in [1.29, 1.82) is 0 Å². The Labute approximate surface area is 110 Å². The Morgan fingerprint density at radius 1 is 1.33 bits per heavy atom. The fraction of sp³-hybridized carbons (Fsp3) is 0.600. The van der Waals surface area contributed by atoms with Gasteiger partial charge in [-0.1, -0.05) is 30.3 Å². The highest BCUT2D eigenvalue weighted by Gasteiger charge is 2.22. The van der Waals surface area contributed by atoms with Crippen LogP contribution in [0, 0.1) is 0 Å². The molecule has 1 aliphatic rings. The van der Waals surface area contributed by atoms with Gasteiger partial charge in [0.2, 0.25) is 0 Å². The van der Waals surface area contributed by atoms with Crippen LogP contribution in [-0.2, 0) is 6.54 Å². The molecule has 3 heteroatoms. The lowest BCUT2D eigenvalue weighted by atomic mass is 10.0. The highest BCUT2D eigenvalue weighted by molar-refractivity contribution is 5.14. The summed E-state index contributed by atoms with van der Waals surface area (Å²) in [6.07, 6.45) is 2.51. The number of hydrogen-bond donors (Lipinski definition) is 1. The quantitative estimate of drug-likeness (QED) is 0.857. The van der Waals surface area contributed by atoms with Crippen LogP contribution in [0.15, 0.2) is 30.3 Å². The molecule has 1 saturated heterocycles. The van der Waals surface area contributed by atoms with Crippen molar-refractivity contribution in [2.75, 3.05) is 33.3 Å². The maximum atomic E-state index is 9.01. The predicted octanol–water partition coefficient (Wildman–Crippen LogP) is 1.58. The van der Waals surface area contributed by atoms with Crippen molar-refractivity contribution in [3.63, 3.8) is 0 Å². The predicted molar refractivity (Wildman–Crippen MR) is 74.5 cm³/mol. The van der Waals surface area contributed by atoms with E-state index >= 15 is 0 Å². The molecule has 0 aliphatic carbocycles. The molecule has 0 bridgehead atoms. The van der Waals surface area contributed by atoms with E-state index < -0.39 is 0 Å². The molecule has 0 radical (unpaired) electrons. The topological polar surface area (TPSA) is 26.7 Å². The van der Waals surface area contributed by atoms with Crippen molar-refractivity contribution in [2.24, 2.45) is 0 Å². The summed E-state index contributed by atoms with van der Waals surface area (Å²) in [6.45, 7) is 4.39. The van der Waals surface area contributed by atoms with Crippen LogP contribution < -0.4 is 0 Å². The zero-order chi connectivity index (χ0) is 12.8. The molecule has 1 aromatic carbocycles. The van der Waals surface area contributed by atoms with Crippen LogP contribution in [0.4, 0.5) is 0 Å². The first kappa shape index (κ1) is 13.5. The van der Waals surface area contributed by atoms with Crippen molar-refractivity contribution >= 4 is 0 Å². The average molecular weight is 248 g/mol. The Balaban J connectivity index is 1.87. The van der Waals surface area contributed by atoms with Crippen molar-refractivity contribution in [3.05, 3.63) is 35.9 Å². The van der Waals surface area contributed by atoms with Crippen molar-refractivity contribution in [3.8, 4) is 0 Å². The minimum atomic E-state index is 0.256. The summed E-state index contributed by atoms with van der Waals surface area (Å²) in [5, 5.41) is 9.01. The van der Waals surface area contributed by atoms with Crippen LogP contribution in [0.25, 0.3) is 0 Å². The van der Waals surface area contributed by atoms with Crippen LogP contribution in [0.3, 0.4) is 0 Å². The number of piperidine rings is 1. The van der Waals surface area contributed by atoms with E-state index in [2.05, 4.69) is 47.2 Å². The van der Waals surface area contributed by atoms with Gasteiger partial charge in [0, 0.05) is 25.7 Å². The molecule has 18 heavy (non-hydrogen) atoms. The highest BCUT2D eigenvalue weighted by atomic mass is 16.3. The Bertz CT molecular complexity index is 342. The van der Waals surface area contributed by atoms with E-state index in [0.717, 1.165) is 19.6 Å². The smallest absolute Gasteiger partial charge is 0.0558 e. The lowest BCUT2D eigenvalue weighted by molar-refractivity contribution is 0.0970. The van der Waals surface area contributed by atoms with Crippen molar-refractivity contribution in [1.82, 2.24) is 9.80 Å². The minimum Gasteiger partial charge on any atom is -0.395 e. The first-order valence-electron chi connectivity index (χ1n) is 6.87. The van der Waals surface area contributed by atoms with Crippen LogP contribution in [0.1, 0.15) is 18.4 Å². The molecule has 100 valence electrons. The van der Waals surface area contributed by atoms with Crippen molar-refractivity contribution in [2.45, 2.75) is 25.4 Å². The van der Waals surface area contributed by atoms with Crippen molar-refractivity contribution < 1.29 is 5.11 Å². The summed E-state index contributed by atoms with van der Waals surface area (Å²) in [6, 6.07) is 11.3. The first-order chi connectivity index (χ1) is 8.79. The molecule has 2 rings (SSSR count). The number of aliphatic hydroxyl groups excluding tert-OH is 1. The molecular formula is C15H24N2O. The van der Waals surface area contributed by atoms with Crippen LogP contribution in [0.5, 0.6) is 0 Å². The number of likely N-dealkylation sites (N-methyl/N-ethyl adjacent to an activating group) is 1. The summed E-state index contributed by atoms with van der Waals surface area (Å²) in [5.74, 6) is 0. The first-order valence-corrected chi connectivity index (χ1v) is 6.87. The Hall–Kier alpha value is -0.900. The average Bonchev–Trinajstić information content (AvgIpc) is 2.40. The second-order valence-corrected chi connectivity index (χ2v) is 5.22. The zero-order valence-corrected chi connectivity index (χ0v) is 11.3. The van der Waals surface area contributed by atoms with Gasteiger partial charge in [-0.05, 0) is 32.0 Å². The summed E-state index contributed by atoms with van der Waals surface area (Å²) < 4.78 is 0. The van der Waals surface area contributed by atoms with Gasteiger partial charge in [-0.3, -0.25) is 9.80 Å². The normalized spacial score (nSPS) is 21.4. The number of nitrogens with zero attached hydrogens (tertiary/aromatic N) is 2. The number of benzene rings is 1. The number of likely N-dealkylation sites (tertiary alicyclic amines) is 1. The molecule has 3 nitrogen and oxygen atoms in total. The van der Waals surface area contributed by atoms with E-state index in [1.165, 1.54) is 24.9 Å². The van der Waals surface area contributed by atoms with E-state index in [0.29, 0.717) is 6.04 Å². The van der Waals surface area contributed by atoms with Gasteiger partial charge in [0.15, 0.2) is 0 Å². The third-order valence-electron chi connectivity index (χ3n) is 3.81. The molecule has 0 unspecified atom stereocenters. The van der Waals surface area contributed by atoms with Crippen LogP contribution >= 0.6 is 0 Å². The molecule has 0 aromatic heterocycles. The molecule has 1 aromatic rings. The third-order valence-corrected chi connectivity index (χ3v) is 3.81. The molecule has 1 atom stereocenters. The lowest BCUT2D eigenvalue weighted by Crippen LogP contribution is -2.46. The molecule has 1 N–H and O–H groups in total. The van der Waals surface area contributed by atoms with Gasteiger partial charge in [-0.15, -0.1) is 0 Å². The molecule has 0 saturated carbocycles. The highest BCUT2D eigenvalue weighted by Crippen LogP contribution is 2.16. The molecule has 0 spiro atoms. The Kier molecular flexibility index (Phi) is 5.17. The third kappa shape index (κ3) is 3.80. The fourth-order valence-electron chi connectivity index (χ4n) is 2.72. The summed E-state index contributed by atoms with van der Waals surface area (Å²) in [5.41, 5.74) is 1.39. The van der Waals surface area contributed by atoms with E-state index in [9.17, 15) is 0 Å². The van der Waals surface area contributed by atoms with Crippen LogP contribution in [-0.4, -0.2) is 54.2 Å². The van der Waals surface area contributed by atoms with E-state index in [1.54, 1.807) is 0 Å². The summed E-state index contributed by atoms with van der Waals surface area (Å²) >= 11 is 0. The Morgan fingerprint density at radius 3 is 2.83 bits per heavy atom. The fourth-order valence-corrected chi connectivity index (χ4v) is 2.72. The van der Waals surface area contributed by atoms with Gasteiger partial charge in [0.1, 0.15) is 0 Å². The summed E-state index contributed by atoms with van der Waals surface area (Å²) in [7, 11) is 2.12. The Morgan fingerprint density at radius 2 is 2.11 bits per heavy atom. The number of aliphatic hydroxyl groups is 1. The van der Waals surface area contributed by atoms with E-state index in [4.69, 9.17) is 5.11 Å². The van der Waals surface area contributed by atoms with Gasteiger partial charge in [0.05, 0.1) is 6.61 Å². The molecular weight excluding hydrogens is 224 g/mol. The van der Waals surface area contributed by atoms with Gasteiger partial charge in [-0.2, -0.15) is 0 Å². The number of rotatable bonds is 5. The second kappa shape index (κ2) is 6.88. The second-order valence-electron chi connectivity index (χ2n) is 5.22. The molecule has 1 aliphatic heterocycles. The monoisotopic (exact) mass is 248 g/mol. The van der Waals surface area contributed by atoms with E-state index in [-0.39, 0.29) is 6.61 Å². The maximum absolute atomic E-state index is 9.01. The molecule has 0 amide bonds. The van der Waals surface area contributed by atoms with E-state index in [1.807, 2.05) is 0 Å². The molecule has 1 fully saturated rings. The van der Waals surface area contributed by atoms with Gasteiger partial charge < -0.3 is 5.11 Å².